The third-order valence-electron chi connectivity index (χ3n) is 5.07. The van der Waals surface area contributed by atoms with Crippen molar-refractivity contribution in [3.05, 3.63) is 89.7 Å². The summed E-state index contributed by atoms with van der Waals surface area (Å²) in [5.74, 6) is 1.13. The van der Waals surface area contributed by atoms with Crippen molar-refractivity contribution in [3.8, 4) is 0 Å². The lowest BCUT2D eigenvalue weighted by atomic mass is 9.77. The topological polar surface area (TPSA) is 12.0 Å². The SMILES string of the molecule is CC=CC(C)C1CC=CC=C1C1C=C(C)C(c2ccccc2)=CN1. The van der Waals surface area contributed by atoms with Gasteiger partial charge in [0, 0.05) is 11.8 Å². The van der Waals surface area contributed by atoms with Gasteiger partial charge in [0.05, 0.1) is 6.04 Å². The average Bonchev–Trinajstić information content (AvgIpc) is 2.62. The second-order valence-electron chi connectivity index (χ2n) is 6.74. The van der Waals surface area contributed by atoms with Crippen molar-refractivity contribution in [2.24, 2.45) is 11.8 Å². The Balaban J connectivity index is 1.83. The molecule has 1 nitrogen and oxygen atoms in total. The van der Waals surface area contributed by atoms with Crippen LogP contribution in [0.15, 0.2) is 84.1 Å². The molecule has 3 rings (SSSR count). The fourth-order valence-corrected chi connectivity index (χ4v) is 3.75. The first kappa shape index (κ1) is 16.6. The average molecular weight is 317 g/mol. The van der Waals surface area contributed by atoms with E-state index in [0.717, 1.165) is 6.42 Å². The van der Waals surface area contributed by atoms with E-state index in [1.165, 1.54) is 22.3 Å². The van der Waals surface area contributed by atoms with Crippen LogP contribution in [0.1, 0.15) is 32.8 Å². The summed E-state index contributed by atoms with van der Waals surface area (Å²) in [6.07, 6.45) is 17.0. The van der Waals surface area contributed by atoms with Gasteiger partial charge in [-0.15, -0.1) is 0 Å². The monoisotopic (exact) mass is 317 g/mol. The van der Waals surface area contributed by atoms with Crippen molar-refractivity contribution >= 4 is 5.57 Å². The van der Waals surface area contributed by atoms with Crippen LogP contribution in [-0.4, -0.2) is 6.04 Å². The molecule has 1 heteroatoms. The van der Waals surface area contributed by atoms with Crippen molar-refractivity contribution in [1.82, 2.24) is 5.32 Å². The van der Waals surface area contributed by atoms with Crippen LogP contribution in [0.4, 0.5) is 0 Å². The Hall–Kier alpha value is -2.28. The van der Waals surface area contributed by atoms with Gasteiger partial charge in [-0.2, -0.15) is 0 Å². The van der Waals surface area contributed by atoms with E-state index < -0.39 is 0 Å². The van der Waals surface area contributed by atoms with E-state index >= 15 is 0 Å². The molecule has 1 aromatic rings. The highest BCUT2D eigenvalue weighted by Crippen LogP contribution is 2.34. The quantitative estimate of drug-likeness (QED) is 0.706. The molecule has 124 valence electrons. The maximum atomic E-state index is 3.63. The van der Waals surface area contributed by atoms with Gasteiger partial charge < -0.3 is 5.32 Å². The Morgan fingerprint density at radius 2 is 2.00 bits per heavy atom. The number of hydrogen-bond donors (Lipinski definition) is 1. The highest BCUT2D eigenvalue weighted by molar-refractivity contribution is 5.79. The number of hydrogen-bond acceptors (Lipinski definition) is 1. The summed E-state index contributed by atoms with van der Waals surface area (Å²) in [5, 5.41) is 3.63. The van der Waals surface area contributed by atoms with E-state index in [-0.39, 0.29) is 0 Å². The Labute approximate surface area is 146 Å². The van der Waals surface area contributed by atoms with Crippen LogP contribution < -0.4 is 5.32 Å². The molecule has 1 heterocycles. The molecule has 0 amide bonds. The molecule has 0 saturated heterocycles. The Morgan fingerprint density at radius 3 is 2.71 bits per heavy atom. The molecular weight excluding hydrogens is 290 g/mol. The lowest BCUT2D eigenvalue weighted by Gasteiger charge is -2.33. The van der Waals surface area contributed by atoms with Crippen molar-refractivity contribution in [1.29, 1.82) is 0 Å². The maximum absolute atomic E-state index is 3.63. The number of benzene rings is 1. The first-order chi connectivity index (χ1) is 11.7. The summed E-state index contributed by atoms with van der Waals surface area (Å²) >= 11 is 0. The van der Waals surface area contributed by atoms with Crippen LogP contribution in [0.25, 0.3) is 5.57 Å². The molecule has 2 aliphatic rings. The molecule has 0 fully saturated rings. The highest BCUT2D eigenvalue weighted by atomic mass is 14.9. The predicted molar refractivity (Wildman–Crippen MR) is 104 cm³/mol. The zero-order valence-corrected chi connectivity index (χ0v) is 14.9. The zero-order valence-electron chi connectivity index (χ0n) is 14.9. The van der Waals surface area contributed by atoms with Crippen molar-refractivity contribution < 1.29 is 0 Å². The number of rotatable bonds is 4. The van der Waals surface area contributed by atoms with E-state index in [9.17, 15) is 0 Å². The van der Waals surface area contributed by atoms with Crippen LogP contribution in [0.2, 0.25) is 0 Å². The maximum Gasteiger partial charge on any atom is 0.0664 e. The van der Waals surface area contributed by atoms with E-state index in [0.29, 0.717) is 17.9 Å². The molecule has 0 aromatic heterocycles. The van der Waals surface area contributed by atoms with Crippen LogP contribution in [0, 0.1) is 11.8 Å². The fraction of sp³-hybridized carbons (Fsp3) is 0.304. The zero-order chi connectivity index (χ0) is 16.9. The molecule has 24 heavy (non-hydrogen) atoms. The summed E-state index contributed by atoms with van der Waals surface area (Å²) in [4.78, 5) is 0. The normalized spacial score (nSPS) is 24.9. The second kappa shape index (κ2) is 7.53. The van der Waals surface area contributed by atoms with Crippen molar-refractivity contribution in [3.63, 3.8) is 0 Å². The third kappa shape index (κ3) is 3.46. The van der Waals surface area contributed by atoms with Gasteiger partial charge in [0.2, 0.25) is 0 Å². The fourth-order valence-electron chi connectivity index (χ4n) is 3.75. The Bertz CT molecular complexity index is 716. The lowest BCUT2D eigenvalue weighted by molar-refractivity contribution is 0.459. The molecule has 0 radical (unpaired) electrons. The number of allylic oxidation sites excluding steroid dienone is 7. The molecule has 1 aliphatic carbocycles. The number of dihydropyridines is 1. The van der Waals surface area contributed by atoms with Crippen molar-refractivity contribution in [2.45, 2.75) is 33.2 Å². The molecular formula is C23H27N. The molecule has 1 aromatic carbocycles. The molecule has 3 atom stereocenters. The van der Waals surface area contributed by atoms with Gasteiger partial charge in [-0.1, -0.05) is 73.7 Å². The smallest absolute Gasteiger partial charge is 0.0664 e. The van der Waals surface area contributed by atoms with Crippen LogP contribution in [-0.2, 0) is 0 Å². The number of nitrogens with one attached hydrogen (secondary N) is 1. The second-order valence-corrected chi connectivity index (χ2v) is 6.74. The molecule has 3 unspecified atom stereocenters. The van der Waals surface area contributed by atoms with E-state index in [1.807, 2.05) is 0 Å². The molecule has 1 N–H and O–H groups in total. The Morgan fingerprint density at radius 1 is 1.21 bits per heavy atom. The summed E-state index contributed by atoms with van der Waals surface area (Å²) in [7, 11) is 0. The predicted octanol–water partition coefficient (Wildman–Crippen LogP) is 5.66. The highest BCUT2D eigenvalue weighted by Gasteiger charge is 2.26. The minimum absolute atomic E-state index is 0.292. The summed E-state index contributed by atoms with van der Waals surface area (Å²) in [5.41, 5.74) is 5.40. The van der Waals surface area contributed by atoms with Crippen LogP contribution >= 0.6 is 0 Å². The van der Waals surface area contributed by atoms with Crippen molar-refractivity contribution in [2.75, 3.05) is 0 Å². The largest absolute Gasteiger partial charge is 0.380 e. The minimum Gasteiger partial charge on any atom is -0.380 e. The first-order valence-electron chi connectivity index (χ1n) is 8.90. The third-order valence-corrected chi connectivity index (χ3v) is 5.07. The van der Waals surface area contributed by atoms with Gasteiger partial charge in [-0.05, 0) is 48.8 Å². The van der Waals surface area contributed by atoms with E-state index in [1.54, 1.807) is 0 Å². The first-order valence-corrected chi connectivity index (χ1v) is 8.90. The van der Waals surface area contributed by atoms with E-state index in [4.69, 9.17) is 0 Å². The molecule has 1 aliphatic heterocycles. The molecule has 0 spiro atoms. The van der Waals surface area contributed by atoms with Gasteiger partial charge in [-0.3, -0.25) is 0 Å². The minimum atomic E-state index is 0.292. The summed E-state index contributed by atoms with van der Waals surface area (Å²) < 4.78 is 0. The molecule has 0 bridgehead atoms. The molecule has 0 saturated carbocycles. The lowest BCUT2D eigenvalue weighted by Crippen LogP contribution is -2.33. The van der Waals surface area contributed by atoms with Crippen LogP contribution in [0.5, 0.6) is 0 Å². The van der Waals surface area contributed by atoms with Gasteiger partial charge in [0.1, 0.15) is 0 Å². The van der Waals surface area contributed by atoms with Crippen LogP contribution in [0.3, 0.4) is 0 Å². The summed E-state index contributed by atoms with van der Waals surface area (Å²) in [6.45, 7) is 6.65. The Kier molecular flexibility index (Phi) is 5.20. The summed E-state index contributed by atoms with van der Waals surface area (Å²) in [6, 6.07) is 10.9. The van der Waals surface area contributed by atoms with Gasteiger partial charge in [0.25, 0.3) is 0 Å². The van der Waals surface area contributed by atoms with Gasteiger partial charge in [-0.25, -0.2) is 0 Å². The standard InChI is InChI=1S/C23H27N/c1-4-10-17(2)20-13-8-9-14-21(20)23-15-18(3)22(16-24-23)19-11-6-5-7-12-19/h4-12,14-17,20,23-24H,13H2,1-3H3. The van der Waals surface area contributed by atoms with Gasteiger partial charge >= 0.3 is 0 Å². The van der Waals surface area contributed by atoms with E-state index in [2.05, 4.69) is 99.1 Å². The van der Waals surface area contributed by atoms with Gasteiger partial charge in [0.15, 0.2) is 0 Å².